The minimum Gasteiger partial charge on any atom is -0.314 e. The van der Waals surface area contributed by atoms with E-state index in [1.807, 2.05) is 0 Å². The molecule has 0 heterocycles. The molecule has 1 aromatic carbocycles. The number of benzene rings is 1. The lowest BCUT2D eigenvalue weighted by atomic mass is 10.1. The molecule has 1 N–H and O–H groups in total. The number of rotatable bonds is 11. The van der Waals surface area contributed by atoms with Gasteiger partial charge in [0.05, 0.1) is 0 Å². The fraction of sp³-hybridized carbons (Fsp3) is 0.647. The van der Waals surface area contributed by atoms with Gasteiger partial charge in [-0.05, 0) is 32.1 Å². The summed E-state index contributed by atoms with van der Waals surface area (Å²) >= 11 is 0. The van der Waals surface area contributed by atoms with E-state index in [1.54, 1.807) is 0 Å². The third kappa shape index (κ3) is 7.63. The molecular weight excluding hydrogens is 246 g/mol. The van der Waals surface area contributed by atoms with Crippen LogP contribution in [0.25, 0.3) is 0 Å². The second-order valence-electron chi connectivity index (χ2n) is 5.32. The van der Waals surface area contributed by atoms with Crippen molar-refractivity contribution >= 4 is 0 Å². The molecule has 20 heavy (non-hydrogen) atoms. The van der Waals surface area contributed by atoms with Crippen molar-refractivity contribution in [3.63, 3.8) is 0 Å². The Balaban J connectivity index is 2.01. The van der Waals surface area contributed by atoms with Crippen molar-refractivity contribution in [1.82, 2.24) is 15.1 Å². The smallest absolute Gasteiger partial charge is 0.0107 e. The van der Waals surface area contributed by atoms with Crippen LogP contribution >= 0.6 is 0 Å². The van der Waals surface area contributed by atoms with Gasteiger partial charge in [0, 0.05) is 32.7 Å². The number of nitrogens with one attached hydrogen (secondary N) is 1. The van der Waals surface area contributed by atoms with E-state index in [0.717, 1.165) is 52.2 Å². The molecule has 3 heteroatoms. The van der Waals surface area contributed by atoms with Gasteiger partial charge in [0.25, 0.3) is 0 Å². The van der Waals surface area contributed by atoms with E-state index in [1.165, 1.54) is 5.56 Å². The highest BCUT2D eigenvalue weighted by Crippen LogP contribution is 2.00. The molecule has 0 radical (unpaired) electrons. The van der Waals surface area contributed by atoms with Crippen LogP contribution in [0.5, 0.6) is 0 Å². The maximum absolute atomic E-state index is 3.53. The molecule has 1 rings (SSSR count). The summed E-state index contributed by atoms with van der Waals surface area (Å²) in [6, 6.07) is 10.7. The summed E-state index contributed by atoms with van der Waals surface area (Å²) in [4.78, 5) is 4.85. The maximum Gasteiger partial charge on any atom is 0.0107 e. The third-order valence-corrected chi connectivity index (χ3v) is 3.79. The zero-order chi connectivity index (χ0) is 14.6. The average Bonchev–Trinajstić information content (AvgIpc) is 2.50. The first-order chi connectivity index (χ1) is 9.76. The normalized spacial score (nSPS) is 11.4. The molecule has 0 aromatic heterocycles. The van der Waals surface area contributed by atoms with Crippen molar-refractivity contribution in [1.29, 1.82) is 0 Å². The maximum atomic E-state index is 3.53. The van der Waals surface area contributed by atoms with Gasteiger partial charge < -0.3 is 15.1 Å². The fourth-order valence-corrected chi connectivity index (χ4v) is 2.25. The summed E-state index contributed by atoms with van der Waals surface area (Å²) in [7, 11) is 2.20. The number of hydrogen-bond donors (Lipinski definition) is 1. The minimum atomic E-state index is 1.08. The number of hydrogen-bond acceptors (Lipinski definition) is 3. The van der Waals surface area contributed by atoms with Crippen LogP contribution in [-0.2, 0) is 6.42 Å². The van der Waals surface area contributed by atoms with E-state index in [9.17, 15) is 0 Å². The highest BCUT2D eigenvalue weighted by molar-refractivity contribution is 5.14. The summed E-state index contributed by atoms with van der Waals surface area (Å²) in [5.41, 5.74) is 1.42. The molecule has 0 unspecified atom stereocenters. The lowest BCUT2D eigenvalue weighted by molar-refractivity contribution is 0.293. The quantitative estimate of drug-likeness (QED) is 0.625. The monoisotopic (exact) mass is 277 g/mol. The predicted molar refractivity (Wildman–Crippen MR) is 88.3 cm³/mol. The molecule has 0 amide bonds. The van der Waals surface area contributed by atoms with Gasteiger partial charge in [-0.15, -0.1) is 0 Å². The molecule has 0 saturated heterocycles. The van der Waals surface area contributed by atoms with Gasteiger partial charge in [0.1, 0.15) is 0 Å². The molecule has 1 aromatic rings. The van der Waals surface area contributed by atoms with Crippen molar-refractivity contribution in [2.45, 2.75) is 20.3 Å². The molecule has 3 nitrogen and oxygen atoms in total. The topological polar surface area (TPSA) is 18.5 Å². The Morgan fingerprint density at radius 3 is 2.20 bits per heavy atom. The van der Waals surface area contributed by atoms with Crippen molar-refractivity contribution in [3.05, 3.63) is 35.9 Å². The van der Waals surface area contributed by atoms with Crippen LogP contribution < -0.4 is 5.32 Å². The average molecular weight is 277 g/mol. The van der Waals surface area contributed by atoms with E-state index in [-0.39, 0.29) is 0 Å². The molecule has 0 spiro atoms. The summed E-state index contributed by atoms with van der Waals surface area (Å²) in [5.74, 6) is 0. The van der Waals surface area contributed by atoms with Crippen LogP contribution in [0.3, 0.4) is 0 Å². The molecule has 0 saturated carbocycles. The first kappa shape index (κ1) is 17.2. The van der Waals surface area contributed by atoms with Gasteiger partial charge in [0.15, 0.2) is 0 Å². The Labute approximate surface area is 125 Å². The van der Waals surface area contributed by atoms with Crippen molar-refractivity contribution in [2.75, 3.05) is 52.9 Å². The predicted octanol–water partition coefficient (Wildman–Crippen LogP) is 2.09. The lowest BCUT2D eigenvalue weighted by Gasteiger charge is -2.20. The van der Waals surface area contributed by atoms with E-state index in [2.05, 4.69) is 66.3 Å². The molecule has 114 valence electrons. The van der Waals surface area contributed by atoms with Crippen molar-refractivity contribution in [2.24, 2.45) is 0 Å². The van der Waals surface area contributed by atoms with Gasteiger partial charge in [-0.3, -0.25) is 0 Å². The van der Waals surface area contributed by atoms with Crippen molar-refractivity contribution < 1.29 is 0 Å². The van der Waals surface area contributed by atoms with E-state index in [0.29, 0.717) is 0 Å². The Hall–Kier alpha value is -0.900. The fourth-order valence-electron chi connectivity index (χ4n) is 2.25. The molecule has 0 aliphatic carbocycles. The number of nitrogens with zero attached hydrogens (tertiary/aromatic N) is 2. The Morgan fingerprint density at radius 2 is 1.55 bits per heavy atom. The SMILES string of the molecule is CCN(CC)CCNCCN(C)CCc1ccccc1. The Bertz CT molecular complexity index is 322. The van der Waals surface area contributed by atoms with Crippen LogP contribution in [-0.4, -0.2) is 62.7 Å². The first-order valence-corrected chi connectivity index (χ1v) is 7.91. The molecule has 0 aliphatic rings. The van der Waals surface area contributed by atoms with Crippen LogP contribution in [0, 0.1) is 0 Å². The van der Waals surface area contributed by atoms with Gasteiger partial charge in [0.2, 0.25) is 0 Å². The number of likely N-dealkylation sites (N-methyl/N-ethyl adjacent to an activating group) is 2. The van der Waals surface area contributed by atoms with Gasteiger partial charge in [-0.2, -0.15) is 0 Å². The van der Waals surface area contributed by atoms with Gasteiger partial charge in [-0.25, -0.2) is 0 Å². The van der Waals surface area contributed by atoms with Gasteiger partial charge >= 0.3 is 0 Å². The summed E-state index contributed by atoms with van der Waals surface area (Å²) in [5, 5.41) is 3.53. The molecule has 0 aliphatic heterocycles. The van der Waals surface area contributed by atoms with E-state index >= 15 is 0 Å². The summed E-state index contributed by atoms with van der Waals surface area (Å²) in [6.07, 6.45) is 1.14. The zero-order valence-corrected chi connectivity index (χ0v) is 13.4. The highest BCUT2D eigenvalue weighted by Gasteiger charge is 2.00. The van der Waals surface area contributed by atoms with E-state index < -0.39 is 0 Å². The van der Waals surface area contributed by atoms with Crippen LogP contribution in [0.15, 0.2) is 30.3 Å². The third-order valence-electron chi connectivity index (χ3n) is 3.79. The zero-order valence-electron chi connectivity index (χ0n) is 13.4. The second kappa shape index (κ2) is 10.8. The van der Waals surface area contributed by atoms with Crippen LogP contribution in [0.2, 0.25) is 0 Å². The Morgan fingerprint density at radius 1 is 0.900 bits per heavy atom. The second-order valence-corrected chi connectivity index (χ2v) is 5.32. The molecule has 0 atom stereocenters. The first-order valence-electron chi connectivity index (χ1n) is 7.91. The standard InChI is InChI=1S/C17H31N3/c1-4-20(5-2)16-13-18-12-15-19(3)14-11-17-9-7-6-8-10-17/h6-10,18H,4-5,11-16H2,1-3H3. The minimum absolute atomic E-state index is 1.08. The summed E-state index contributed by atoms with van der Waals surface area (Å²) < 4.78 is 0. The van der Waals surface area contributed by atoms with Crippen molar-refractivity contribution in [3.8, 4) is 0 Å². The summed E-state index contributed by atoms with van der Waals surface area (Å²) in [6.45, 7) is 12.3. The largest absolute Gasteiger partial charge is 0.314 e. The molecular formula is C17H31N3. The van der Waals surface area contributed by atoms with Gasteiger partial charge in [-0.1, -0.05) is 44.2 Å². The molecule has 0 bridgehead atoms. The molecule has 0 fully saturated rings. The van der Waals surface area contributed by atoms with Crippen LogP contribution in [0.4, 0.5) is 0 Å². The Kier molecular flexibility index (Phi) is 9.29. The highest BCUT2D eigenvalue weighted by atomic mass is 15.1. The van der Waals surface area contributed by atoms with E-state index in [4.69, 9.17) is 0 Å². The lowest BCUT2D eigenvalue weighted by Crippen LogP contribution is -2.36. The van der Waals surface area contributed by atoms with Crippen LogP contribution in [0.1, 0.15) is 19.4 Å².